The number of hydrogen-bond donors (Lipinski definition) is 0. The first-order valence-electron chi connectivity index (χ1n) is 9.17. The molecule has 0 spiro atoms. The lowest BCUT2D eigenvalue weighted by Gasteiger charge is -2.21. The maximum atomic E-state index is 12.7. The van der Waals surface area contributed by atoms with Crippen LogP contribution in [0.1, 0.15) is 31.4 Å². The highest BCUT2D eigenvalue weighted by molar-refractivity contribution is 5.92. The van der Waals surface area contributed by atoms with Crippen LogP contribution < -0.4 is 4.74 Å². The van der Waals surface area contributed by atoms with Gasteiger partial charge in [0, 0.05) is 31.6 Å². The lowest BCUT2D eigenvalue weighted by molar-refractivity contribution is -0.141. The third-order valence-electron chi connectivity index (χ3n) is 3.90. The van der Waals surface area contributed by atoms with Crippen LogP contribution in [0.4, 0.5) is 0 Å². The van der Waals surface area contributed by atoms with E-state index in [-0.39, 0.29) is 30.9 Å². The molecule has 0 N–H and O–H groups in total. The number of pyridine rings is 1. The molecule has 0 fully saturated rings. The van der Waals surface area contributed by atoms with Crippen LogP contribution in [0.2, 0.25) is 0 Å². The fraction of sp³-hybridized carbons (Fsp3) is 0.318. The fourth-order valence-electron chi connectivity index (χ4n) is 2.54. The number of methoxy groups -OCH3 is 1. The van der Waals surface area contributed by atoms with E-state index in [1.54, 1.807) is 23.4 Å². The summed E-state index contributed by atoms with van der Waals surface area (Å²) in [5.41, 5.74) is 1.80. The van der Waals surface area contributed by atoms with E-state index in [1.165, 1.54) is 13.2 Å². The van der Waals surface area contributed by atoms with Crippen molar-refractivity contribution in [2.24, 2.45) is 0 Å². The van der Waals surface area contributed by atoms with Gasteiger partial charge >= 0.3 is 5.97 Å². The quantitative estimate of drug-likeness (QED) is 0.491. The minimum absolute atomic E-state index is 0.0787. The predicted octanol–water partition coefficient (Wildman–Crippen LogP) is 3.47. The van der Waals surface area contributed by atoms with E-state index in [4.69, 9.17) is 4.74 Å². The second kappa shape index (κ2) is 10.9. The summed E-state index contributed by atoms with van der Waals surface area (Å²) in [5, 5.41) is 0. The number of benzene rings is 1. The molecular formula is C22H26N2O4. The molecule has 6 nitrogen and oxygen atoms in total. The Morgan fingerprint density at radius 1 is 1.18 bits per heavy atom. The smallest absolute Gasteiger partial charge is 0.307 e. The maximum Gasteiger partial charge on any atom is 0.307 e. The fourth-order valence-corrected chi connectivity index (χ4v) is 2.54. The standard InChI is InChI=1S/C22H26N2O4/c1-17(2)28-20-6-4-5-18(15-20)7-8-21(25)24(14-11-22(26)27-3)16-19-9-12-23-13-10-19/h4-10,12-13,15,17H,11,14,16H2,1-3H3/b8-7+. The minimum atomic E-state index is -0.352. The van der Waals surface area contributed by atoms with Gasteiger partial charge in [-0.1, -0.05) is 12.1 Å². The number of hydrogen-bond acceptors (Lipinski definition) is 5. The average molecular weight is 382 g/mol. The van der Waals surface area contributed by atoms with Crippen molar-refractivity contribution in [1.29, 1.82) is 0 Å². The number of amides is 1. The molecule has 0 unspecified atom stereocenters. The van der Waals surface area contributed by atoms with E-state index < -0.39 is 0 Å². The van der Waals surface area contributed by atoms with Crippen LogP contribution in [-0.2, 0) is 20.9 Å². The molecule has 0 aliphatic heterocycles. The summed E-state index contributed by atoms with van der Waals surface area (Å²) in [4.78, 5) is 29.8. The first kappa shape index (κ1) is 21.2. The molecule has 6 heteroatoms. The maximum absolute atomic E-state index is 12.7. The molecule has 0 saturated heterocycles. The number of aromatic nitrogens is 1. The van der Waals surface area contributed by atoms with Crippen LogP contribution in [0.15, 0.2) is 54.9 Å². The van der Waals surface area contributed by atoms with E-state index in [9.17, 15) is 9.59 Å². The van der Waals surface area contributed by atoms with Crippen LogP contribution in [0, 0.1) is 0 Å². The van der Waals surface area contributed by atoms with E-state index in [1.807, 2.05) is 50.2 Å². The van der Waals surface area contributed by atoms with Gasteiger partial charge < -0.3 is 14.4 Å². The van der Waals surface area contributed by atoms with Gasteiger partial charge in [-0.3, -0.25) is 14.6 Å². The predicted molar refractivity (Wildman–Crippen MR) is 108 cm³/mol. The normalized spacial score (nSPS) is 10.9. The molecule has 0 aliphatic rings. The highest BCUT2D eigenvalue weighted by atomic mass is 16.5. The van der Waals surface area contributed by atoms with Gasteiger partial charge in [0.1, 0.15) is 5.75 Å². The molecule has 0 saturated carbocycles. The largest absolute Gasteiger partial charge is 0.491 e. The number of carbonyl (C=O) groups is 2. The van der Waals surface area contributed by atoms with Gasteiger partial charge in [0.05, 0.1) is 19.6 Å². The van der Waals surface area contributed by atoms with Crippen molar-refractivity contribution in [3.8, 4) is 5.75 Å². The zero-order chi connectivity index (χ0) is 20.4. The molecule has 2 aromatic rings. The molecule has 1 heterocycles. The van der Waals surface area contributed by atoms with Crippen molar-refractivity contribution in [3.63, 3.8) is 0 Å². The Kier molecular flexibility index (Phi) is 8.21. The van der Waals surface area contributed by atoms with Crippen molar-refractivity contribution in [2.45, 2.75) is 32.9 Å². The molecular weight excluding hydrogens is 356 g/mol. The Hall–Kier alpha value is -3.15. The highest BCUT2D eigenvalue weighted by Gasteiger charge is 2.14. The van der Waals surface area contributed by atoms with Crippen molar-refractivity contribution in [1.82, 2.24) is 9.88 Å². The zero-order valence-corrected chi connectivity index (χ0v) is 16.5. The monoisotopic (exact) mass is 382 g/mol. The number of carbonyl (C=O) groups excluding carboxylic acids is 2. The summed E-state index contributed by atoms with van der Waals surface area (Å²) in [7, 11) is 1.34. The van der Waals surface area contributed by atoms with E-state index in [0.717, 1.165) is 16.9 Å². The van der Waals surface area contributed by atoms with Gasteiger partial charge in [-0.15, -0.1) is 0 Å². The van der Waals surface area contributed by atoms with Crippen LogP contribution in [0.5, 0.6) is 5.75 Å². The summed E-state index contributed by atoms with van der Waals surface area (Å²) in [6.07, 6.45) is 6.82. The zero-order valence-electron chi connectivity index (χ0n) is 16.5. The minimum Gasteiger partial charge on any atom is -0.491 e. The van der Waals surface area contributed by atoms with Crippen LogP contribution in [0.25, 0.3) is 6.08 Å². The Morgan fingerprint density at radius 2 is 1.93 bits per heavy atom. The number of ether oxygens (including phenoxy) is 2. The Morgan fingerprint density at radius 3 is 2.61 bits per heavy atom. The number of nitrogens with zero attached hydrogens (tertiary/aromatic N) is 2. The van der Waals surface area contributed by atoms with Gasteiger partial charge in [0.15, 0.2) is 0 Å². The third-order valence-corrected chi connectivity index (χ3v) is 3.90. The summed E-state index contributed by atoms with van der Waals surface area (Å²) < 4.78 is 10.4. The van der Waals surface area contributed by atoms with E-state index in [2.05, 4.69) is 9.72 Å². The third kappa shape index (κ3) is 7.23. The molecule has 1 amide bonds. The highest BCUT2D eigenvalue weighted by Crippen LogP contribution is 2.16. The van der Waals surface area contributed by atoms with Gasteiger partial charge in [-0.2, -0.15) is 0 Å². The first-order chi connectivity index (χ1) is 13.5. The summed E-state index contributed by atoms with van der Waals surface area (Å²) >= 11 is 0. The van der Waals surface area contributed by atoms with Crippen LogP contribution in [0.3, 0.4) is 0 Å². The average Bonchev–Trinajstić information content (AvgIpc) is 2.69. The van der Waals surface area contributed by atoms with Gasteiger partial charge in [0.25, 0.3) is 0 Å². The molecule has 0 radical (unpaired) electrons. The Labute approximate surface area is 165 Å². The molecule has 0 bridgehead atoms. The Bertz CT molecular complexity index is 803. The molecule has 2 rings (SSSR count). The molecule has 0 aliphatic carbocycles. The van der Waals surface area contributed by atoms with Gasteiger partial charge in [0.2, 0.25) is 5.91 Å². The lowest BCUT2D eigenvalue weighted by atomic mass is 10.2. The van der Waals surface area contributed by atoms with Crippen molar-refractivity contribution in [2.75, 3.05) is 13.7 Å². The Balaban J connectivity index is 2.09. The SMILES string of the molecule is COC(=O)CCN(Cc1ccncc1)C(=O)/C=C/c1cccc(OC(C)C)c1. The summed E-state index contributed by atoms with van der Waals surface area (Å²) in [6.45, 7) is 4.59. The van der Waals surface area contributed by atoms with Crippen LogP contribution >= 0.6 is 0 Å². The van der Waals surface area contributed by atoms with E-state index >= 15 is 0 Å². The number of rotatable bonds is 9. The van der Waals surface area contributed by atoms with Crippen molar-refractivity contribution >= 4 is 18.0 Å². The molecule has 1 aromatic carbocycles. The second-order valence-electron chi connectivity index (χ2n) is 6.51. The second-order valence-corrected chi connectivity index (χ2v) is 6.51. The summed E-state index contributed by atoms with van der Waals surface area (Å²) in [5.74, 6) is 0.217. The van der Waals surface area contributed by atoms with E-state index in [0.29, 0.717) is 6.54 Å². The summed E-state index contributed by atoms with van der Waals surface area (Å²) in [6, 6.07) is 11.2. The number of esters is 1. The van der Waals surface area contributed by atoms with Gasteiger partial charge in [-0.25, -0.2) is 0 Å². The molecule has 1 aromatic heterocycles. The molecule has 0 atom stereocenters. The molecule has 28 heavy (non-hydrogen) atoms. The lowest BCUT2D eigenvalue weighted by Crippen LogP contribution is -2.31. The van der Waals surface area contributed by atoms with Crippen molar-refractivity contribution in [3.05, 3.63) is 66.0 Å². The topological polar surface area (TPSA) is 68.7 Å². The van der Waals surface area contributed by atoms with Gasteiger partial charge in [-0.05, 0) is 55.3 Å². The molecule has 148 valence electrons. The van der Waals surface area contributed by atoms with Crippen molar-refractivity contribution < 1.29 is 19.1 Å². The first-order valence-corrected chi connectivity index (χ1v) is 9.17. The van der Waals surface area contributed by atoms with Crippen LogP contribution in [-0.4, -0.2) is 41.5 Å².